The van der Waals surface area contributed by atoms with E-state index in [1.165, 1.54) is 0 Å². The number of imidazole rings is 1. The molecule has 5 N–H and O–H groups in total. The number of anilines is 1. The lowest BCUT2D eigenvalue weighted by Crippen LogP contribution is -2.31. The molecule has 1 aromatic heterocycles. The van der Waals surface area contributed by atoms with Crippen molar-refractivity contribution in [2.24, 2.45) is 23.5 Å². The number of H-pyrrole nitrogens is 2. The second kappa shape index (κ2) is 14.0. The van der Waals surface area contributed by atoms with Gasteiger partial charge in [0.05, 0.1) is 15.9 Å². The van der Waals surface area contributed by atoms with Crippen LogP contribution in [0.2, 0.25) is 0 Å². The van der Waals surface area contributed by atoms with Crippen molar-refractivity contribution in [3.05, 3.63) is 82.3 Å². The number of aryl methyl sites for hydroxylation is 1. The minimum Gasteiger partial charge on any atom is -0.330 e. The van der Waals surface area contributed by atoms with Crippen LogP contribution in [-0.4, -0.2) is 54.0 Å². The molecule has 2 heterocycles. The fourth-order valence-electron chi connectivity index (χ4n) is 7.00. The Kier molecular flexibility index (Phi) is 9.77. The maximum Gasteiger partial charge on any atom is 0.323 e. The number of Topliss-reactive ketones (excluding diaryl/α,β-unsaturated/α-hetero) is 1. The van der Waals surface area contributed by atoms with Crippen molar-refractivity contribution < 1.29 is 18.0 Å². The highest BCUT2D eigenvalue weighted by Crippen LogP contribution is 2.32. The summed E-state index contributed by atoms with van der Waals surface area (Å²) in [6, 6.07) is 18.2. The molecule has 2 aliphatic rings. The third kappa shape index (κ3) is 7.42. The van der Waals surface area contributed by atoms with Gasteiger partial charge in [-0.15, -0.1) is 0 Å². The fraction of sp³-hybridized carbons (Fsp3) is 0.417. The van der Waals surface area contributed by atoms with Crippen LogP contribution in [0.3, 0.4) is 0 Å². The van der Waals surface area contributed by atoms with E-state index < -0.39 is 15.9 Å². The van der Waals surface area contributed by atoms with Gasteiger partial charge in [-0.2, -0.15) is 4.31 Å². The molecule has 1 saturated carbocycles. The van der Waals surface area contributed by atoms with Crippen LogP contribution in [-0.2, 0) is 26.0 Å². The first-order chi connectivity index (χ1) is 22.6. The van der Waals surface area contributed by atoms with Crippen LogP contribution >= 0.6 is 0 Å². The number of ketones is 1. The normalized spacial score (nSPS) is 19.5. The van der Waals surface area contributed by atoms with Crippen molar-refractivity contribution in [3.8, 4) is 11.1 Å². The molecule has 0 spiro atoms. The Balaban J connectivity index is 1.21. The van der Waals surface area contributed by atoms with Crippen molar-refractivity contribution in [1.82, 2.24) is 14.3 Å². The molecule has 1 amide bonds. The van der Waals surface area contributed by atoms with Crippen LogP contribution in [0, 0.1) is 24.7 Å². The quantitative estimate of drug-likeness (QED) is 0.175. The second-order valence-electron chi connectivity index (χ2n) is 13.1. The van der Waals surface area contributed by atoms with Crippen molar-refractivity contribution in [2.45, 2.75) is 63.2 Å². The van der Waals surface area contributed by atoms with Gasteiger partial charge in [-0.1, -0.05) is 30.3 Å². The number of nitrogens with zero attached hydrogens (tertiary/aromatic N) is 1. The zero-order valence-electron chi connectivity index (χ0n) is 26.8. The predicted octanol–water partition coefficient (Wildman–Crippen LogP) is 5.14. The summed E-state index contributed by atoms with van der Waals surface area (Å²) in [6.45, 7) is 3.69. The van der Waals surface area contributed by atoms with Crippen molar-refractivity contribution in [3.63, 3.8) is 0 Å². The Hall–Kier alpha value is -4.06. The lowest BCUT2D eigenvalue weighted by Gasteiger charge is -2.27. The molecule has 11 heteroatoms. The van der Waals surface area contributed by atoms with E-state index in [2.05, 4.69) is 15.3 Å². The van der Waals surface area contributed by atoms with Gasteiger partial charge in [-0.3, -0.25) is 9.59 Å². The molecule has 2 fully saturated rings. The topological polar surface area (TPSA) is 158 Å². The Morgan fingerprint density at radius 3 is 2.34 bits per heavy atom. The molecule has 3 aromatic carbocycles. The zero-order chi connectivity index (χ0) is 33.1. The maximum absolute atomic E-state index is 13.7. The molecule has 1 atom stereocenters. The van der Waals surface area contributed by atoms with E-state index in [9.17, 15) is 22.8 Å². The van der Waals surface area contributed by atoms with E-state index >= 15 is 0 Å². The molecule has 1 aliphatic heterocycles. The molecule has 10 nitrogen and oxygen atoms in total. The van der Waals surface area contributed by atoms with Crippen LogP contribution in [0.4, 0.5) is 5.69 Å². The first-order valence-corrected chi connectivity index (χ1v) is 18.0. The highest BCUT2D eigenvalue weighted by Gasteiger charge is 2.31. The Labute approximate surface area is 275 Å². The van der Waals surface area contributed by atoms with Crippen LogP contribution in [0.1, 0.15) is 56.1 Å². The molecule has 0 unspecified atom stereocenters. The van der Waals surface area contributed by atoms with E-state index in [-0.39, 0.29) is 29.7 Å². The molecule has 6 rings (SSSR count). The number of aromatic nitrogens is 2. The monoisotopic (exact) mass is 657 g/mol. The van der Waals surface area contributed by atoms with Gasteiger partial charge in [0.1, 0.15) is 5.78 Å². The summed E-state index contributed by atoms with van der Waals surface area (Å²) in [4.78, 5) is 44.7. The van der Waals surface area contributed by atoms with E-state index in [1.807, 2.05) is 37.3 Å². The molecule has 4 aromatic rings. The maximum atomic E-state index is 13.7. The van der Waals surface area contributed by atoms with Gasteiger partial charge in [-0.25, -0.2) is 13.2 Å². The number of nitrogens with one attached hydrogen (secondary N) is 3. The lowest BCUT2D eigenvalue weighted by molar-refractivity contribution is -0.129. The number of carbonyl (C=O) groups excluding carboxylic acids is 2. The van der Waals surface area contributed by atoms with Crippen LogP contribution in [0.15, 0.2) is 70.4 Å². The number of sulfonamides is 1. The summed E-state index contributed by atoms with van der Waals surface area (Å²) in [5.41, 5.74) is 10.9. The standard InChI is InChI=1S/C36H43N5O5S/c1-23-4-14-30(47(45,46)41-16-2-3-17-41)21-31(23)26-9-5-24(6-10-26)18-28(19-34(42)27-11-7-25(22-37)8-12-27)35(43)38-29-13-15-32-33(20-29)40-36(44)39-32/h4-6,9-10,13-15,20-21,25,27-28H,2-3,7-8,11-12,16-19,22,37H2,1H3,(H,38,43)(H2,39,40,44)/t25?,27?,28-/m1/s1. The van der Waals surface area contributed by atoms with Gasteiger partial charge < -0.3 is 21.0 Å². The number of hydrogen-bond acceptors (Lipinski definition) is 6. The summed E-state index contributed by atoms with van der Waals surface area (Å²) in [7, 11) is -3.55. The fourth-order valence-corrected chi connectivity index (χ4v) is 8.54. The number of benzene rings is 3. The average molecular weight is 658 g/mol. The predicted molar refractivity (Wildman–Crippen MR) is 183 cm³/mol. The molecule has 0 radical (unpaired) electrons. The van der Waals surface area contributed by atoms with Gasteiger partial charge in [0.15, 0.2) is 0 Å². The first-order valence-electron chi connectivity index (χ1n) is 16.6. The SMILES string of the molecule is Cc1ccc(S(=O)(=O)N2CCCC2)cc1-c1ccc(C[C@H](CC(=O)C2CCC(CN)CC2)C(=O)Nc2ccc3[nH]c(=O)[nH]c3c2)cc1. The second-order valence-corrected chi connectivity index (χ2v) is 15.1. The van der Waals surface area contributed by atoms with E-state index in [1.54, 1.807) is 34.6 Å². The Morgan fingerprint density at radius 1 is 0.936 bits per heavy atom. The average Bonchev–Trinajstić information content (AvgIpc) is 3.75. The summed E-state index contributed by atoms with van der Waals surface area (Å²) < 4.78 is 28.0. The number of aromatic amines is 2. The largest absolute Gasteiger partial charge is 0.330 e. The number of fused-ring (bicyclic) bond motifs is 1. The minimum atomic E-state index is -3.55. The molecule has 1 aliphatic carbocycles. The Bertz CT molecular complexity index is 1920. The van der Waals surface area contributed by atoms with Crippen LogP contribution in [0.5, 0.6) is 0 Å². The Morgan fingerprint density at radius 2 is 1.64 bits per heavy atom. The van der Waals surface area contributed by atoms with Crippen molar-refractivity contribution in [2.75, 3.05) is 25.0 Å². The van der Waals surface area contributed by atoms with E-state index in [0.717, 1.165) is 60.8 Å². The van der Waals surface area contributed by atoms with Crippen LogP contribution < -0.4 is 16.7 Å². The highest BCUT2D eigenvalue weighted by molar-refractivity contribution is 7.89. The van der Waals surface area contributed by atoms with Gasteiger partial charge in [0.25, 0.3) is 0 Å². The minimum absolute atomic E-state index is 0.0659. The molecular formula is C36H43N5O5S. The molecule has 0 bridgehead atoms. The number of carbonyl (C=O) groups is 2. The lowest BCUT2D eigenvalue weighted by atomic mass is 9.77. The summed E-state index contributed by atoms with van der Waals surface area (Å²) in [5, 5.41) is 2.97. The smallest absolute Gasteiger partial charge is 0.323 e. The molecule has 1 saturated heterocycles. The molecule has 47 heavy (non-hydrogen) atoms. The van der Waals surface area contributed by atoms with E-state index in [4.69, 9.17) is 5.73 Å². The van der Waals surface area contributed by atoms with Crippen molar-refractivity contribution in [1.29, 1.82) is 0 Å². The molecular weight excluding hydrogens is 614 g/mol. The summed E-state index contributed by atoms with van der Waals surface area (Å²) in [6.07, 6.45) is 5.71. The number of rotatable bonds is 11. The van der Waals surface area contributed by atoms with Gasteiger partial charge in [0.2, 0.25) is 15.9 Å². The van der Waals surface area contributed by atoms with Gasteiger partial charge in [-0.05, 0) is 117 Å². The number of hydrogen-bond donors (Lipinski definition) is 4. The summed E-state index contributed by atoms with van der Waals surface area (Å²) in [5.74, 6) is -0.363. The first kappa shape index (κ1) is 32.9. The van der Waals surface area contributed by atoms with E-state index in [0.29, 0.717) is 53.6 Å². The van der Waals surface area contributed by atoms with Gasteiger partial charge >= 0.3 is 5.69 Å². The third-order valence-corrected chi connectivity index (χ3v) is 11.8. The number of nitrogens with two attached hydrogens (primary N) is 1. The summed E-state index contributed by atoms with van der Waals surface area (Å²) >= 11 is 0. The highest BCUT2D eigenvalue weighted by atomic mass is 32.2. The van der Waals surface area contributed by atoms with Crippen molar-refractivity contribution >= 4 is 38.4 Å². The number of amides is 1. The molecule has 248 valence electrons. The van der Waals surface area contributed by atoms with Gasteiger partial charge in [0, 0.05) is 37.0 Å². The van der Waals surface area contributed by atoms with Crippen LogP contribution in [0.25, 0.3) is 22.2 Å². The zero-order valence-corrected chi connectivity index (χ0v) is 27.6. The third-order valence-electron chi connectivity index (χ3n) is 9.90.